The number of carbonyl (C=O) groups is 1. The quantitative estimate of drug-likeness (QED) is 0.0198. The molecular formula is C31H25F5N4O5. The van der Waals surface area contributed by atoms with Crippen molar-refractivity contribution in [3.05, 3.63) is 87.2 Å². The van der Waals surface area contributed by atoms with Gasteiger partial charge in [0.05, 0.1) is 16.7 Å². The van der Waals surface area contributed by atoms with Crippen LogP contribution in [0.4, 0.5) is 44.7 Å². The van der Waals surface area contributed by atoms with Crippen LogP contribution in [-0.4, -0.2) is 37.2 Å². The molecule has 0 amide bonds. The van der Waals surface area contributed by atoms with Crippen molar-refractivity contribution in [2.75, 3.05) is 31.2 Å². The van der Waals surface area contributed by atoms with Crippen molar-refractivity contribution in [1.29, 1.82) is 0 Å². The van der Waals surface area contributed by atoms with E-state index in [1.165, 1.54) is 6.07 Å². The van der Waals surface area contributed by atoms with Crippen molar-refractivity contribution >= 4 is 28.7 Å². The summed E-state index contributed by atoms with van der Waals surface area (Å²) in [6.45, 7) is 0.207. The highest BCUT2D eigenvalue weighted by Gasteiger charge is 2.30. The molecule has 0 saturated carbocycles. The summed E-state index contributed by atoms with van der Waals surface area (Å²) in [6.07, 6.45) is 13.6. The number of anilines is 1. The molecular weight excluding hydrogens is 603 g/mol. The second-order valence-electron chi connectivity index (χ2n) is 9.16. The van der Waals surface area contributed by atoms with Gasteiger partial charge in [-0.1, -0.05) is 0 Å². The van der Waals surface area contributed by atoms with E-state index in [1.54, 1.807) is 12.1 Å². The molecule has 9 nitrogen and oxygen atoms in total. The predicted octanol–water partition coefficient (Wildman–Crippen LogP) is 7.57. The molecule has 234 valence electrons. The number of rotatable bonds is 15. The third-order valence-electron chi connectivity index (χ3n) is 6.13. The molecule has 45 heavy (non-hydrogen) atoms. The number of benzene rings is 3. The lowest BCUT2D eigenvalue weighted by atomic mass is 10.1. The number of unbranched alkanes of at least 4 members (excludes halogenated alkanes) is 2. The van der Waals surface area contributed by atoms with Crippen molar-refractivity contribution in [3.63, 3.8) is 0 Å². The van der Waals surface area contributed by atoms with Gasteiger partial charge in [0.25, 0.3) is 5.69 Å². The second kappa shape index (κ2) is 16.4. The first-order valence-corrected chi connectivity index (χ1v) is 13.3. The Bertz CT molecular complexity index is 1600. The molecule has 3 aromatic carbocycles. The number of nitrogens with zero attached hydrogens (tertiary/aromatic N) is 4. The largest absolute Gasteiger partial charge is 0.487 e. The first-order valence-electron chi connectivity index (χ1n) is 13.3. The minimum absolute atomic E-state index is 0.0426. The van der Waals surface area contributed by atoms with Gasteiger partial charge in [-0.15, -0.1) is 29.8 Å². The molecule has 0 atom stereocenters. The lowest BCUT2D eigenvalue weighted by Crippen LogP contribution is -2.25. The summed E-state index contributed by atoms with van der Waals surface area (Å²) in [5.74, 6) is -8.52. The van der Waals surface area contributed by atoms with Crippen LogP contribution < -0.4 is 9.64 Å². The van der Waals surface area contributed by atoms with E-state index in [9.17, 15) is 36.9 Å². The second-order valence-corrected chi connectivity index (χ2v) is 9.16. The molecule has 0 bridgehead atoms. The zero-order valence-corrected chi connectivity index (χ0v) is 23.6. The van der Waals surface area contributed by atoms with Crippen LogP contribution in [0.15, 0.2) is 52.7 Å². The molecule has 0 radical (unpaired) electrons. The van der Waals surface area contributed by atoms with Crippen molar-refractivity contribution in [1.82, 2.24) is 0 Å². The van der Waals surface area contributed by atoms with Crippen molar-refractivity contribution < 1.29 is 41.1 Å². The van der Waals surface area contributed by atoms with Crippen LogP contribution in [0.1, 0.15) is 36.0 Å². The smallest absolute Gasteiger partial charge is 0.344 e. The predicted molar refractivity (Wildman–Crippen MR) is 154 cm³/mol. The van der Waals surface area contributed by atoms with E-state index in [0.29, 0.717) is 18.5 Å². The monoisotopic (exact) mass is 628 g/mol. The number of azo groups is 1. The Balaban J connectivity index is 1.71. The van der Waals surface area contributed by atoms with Gasteiger partial charge in [-0.25, -0.2) is 26.7 Å². The van der Waals surface area contributed by atoms with Crippen molar-refractivity contribution in [2.45, 2.75) is 25.7 Å². The highest BCUT2D eigenvalue weighted by molar-refractivity contribution is 5.90. The summed E-state index contributed by atoms with van der Waals surface area (Å²) >= 11 is 0. The zero-order valence-electron chi connectivity index (χ0n) is 23.6. The molecule has 0 fully saturated rings. The molecule has 0 aliphatic heterocycles. The Kier molecular flexibility index (Phi) is 12.4. The van der Waals surface area contributed by atoms with E-state index in [1.807, 2.05) is 12.1 Å². The van der Waals surface area contributed by atoms with E-state index in [0.717, 1.165) is 43.8 Å². The van der Waals surface area contributed by atoms with Crippen LogP contribution in [0, 0.1) is 63.9 Å². The molecule has 0 unspecified atom stereocenters. The summed E-state index contributed by atoms with van der Waals surface area (Å²) in [5.41, 5.74) is -0.747. The molecule has 0 N–H and O–H groups in total. The van der Waals surface area contributed by atoms with Crippen LogP contribution in [-0.2, 0) is 4.74 Å². The Labute approximate surface area is 254 Å². The number of halogens is 5. The standard InChI is InChI=1S/C31H25F5N4O5/c1-3-5-7-15-39(16-8-6-4-2)21-11-9-20(10-12-21)37-38-23-14-13-22(40(42)43)19-24(23)44-17-18-45-31(41)25-26(32)28(34)30(36)29(35)27(25)33/h1-2,9-14,19H,5-8,15-18H2. The topological polar surface area (TPSA) is 107 Å². The number of carbonyl (C=O) groups excluding carboxylic acids is 1. The number of nitro benzene ring substituents is 1. The maximum atomic E-state index is 13.9. The molecule has 0 heterocycles. The van der Waals surface area contributed by atoms with Gasteiger partial charge in [0.1, 0.15) is 24.5 Å². The van der Waals surface area contributed by atoms with Crippen LogP contribution >= 0.6 is 0 Å². The Morgan fingerprint density at radius 3 is 1.98 bits per heavy atom. The summed E-state index contributed by atoms with van der Waals surface area (Å²) in [4.78, 5) is 24.7. The first kappa shape index (κ1) is 34.0. The van der Waals surface area contributed by atoms with Crippen LogP contribution in [0.2, 0.25) is 0 Å². The number of terminal acetylenes is 2. The fourth-order valence-corrected chi connectivity index (χ4v) is 3.91. The fourth-order valence-electron chi connectivity index (χ4n) is 3.91. The first-order chi connectivity index (χ1) is 21.6. The maximum Gasteiger partial charge on any atom is 0.344 e. The minimum Gasteiger partial charge on any atom is -0.487 e. The van der Waals surface area contributed by atoms with Crippen LogP contribution in [0.3, 0.4) is 0 Å². The minimum atomic E-state index is -2.43. The molecule has 3 aromatic rings. The Hall–Kier alpha value is -5.50. The SMILES string of the molecule is C#CCCCN(CCCC#C)c1ccc(N=Nc2ccc([N+](=O)[O-])cc2OCCOC(=O)c2c(F)c(F)c(F)c(F)c2F)cc1. The van der Waals surface area contributed by atoms with E-state index in [4.69, 9.17) is 17.6 Å². The Morgan fingerprint density at radius 2 is 1.42 bits per heavy atom. The van der Waals surface area contributed by atoms with Crippen molar-refractivity contribution in [2.24, 2.45) is 10.2 Å². The highest BCUT2D eigenvalue weighted by Crippen LogP contribution is 2.33. The average Bonchev–Trinajstić information content (AvgIpc) is 3.03. The van der Waals surface area contributed by atoms with Gasteiger partial charge in [-0.3, -0.25) is 10.1 Å². The number of non-ortho nitro benzene ring substituents is 1. The van der Waals surface area contributed by atoms with Crippen LogP contribution in [0.25, 0.3) is 0 Å². The molecule has 0 spiro atoms. The summed E-state index contributed by atoms with van der Waals surface area (Å²) < 4.78 is 77.7. The average molecular weight is 629 g/mol. The Morgan fingerprint density at radius 1 is 0.844 bits per heavy atom. The van der Waals surface area contributed by atoms with Crippen molar-refractivity contribution in [3.8, 4) is 30.4 Å². The molecule has 0 aliphatic carbocycles. The number of hydrogen-bond acceptors (Lipinski definition) is 8. The van der Waals surface area contributed by atoms with E-state index in [2.05, 4.69) is 31.7 Å². The number of ether oxygens (including phenoxy) is 2. The van der Waals surface area contributed by atoms with Gasteiger partial charge in [0.15, 0.2) is 29.0 Å². The molecule has 0 aromatic heterocycles. The third kappa shape index (κ3) is 9.00. The summed E-state index contributed by atoms with van der Waals surface area (Å²) in [7, 11) is 0. The third-order valence-corrected chi connectivity index (χ3v) is 6.13. The number of nitro groups is 1. The van der Waals surface area contributed by atoms with Crippen LogP contribution in [0.5, 0.6) is 5.75 Å². The van der Waals surface area contributed by atoms with Gasteiger partial charge in [-0.2, -0.15) is 5.11 Å². The molecule has 3 rings (SSSR count). The zero-order chi connectivity index (χ0) is 32.9. The number of hydrogen-bond donors (Lipinski definition) is 0. The lowest BCUT2D eigenvalue weighted by molar-refractivity contribution is -0.384. The fraction of sp³-hybridized carbons (Fsp3) is 0.258. The summed E-state index contributed by atoms with van der Waals surface area (Å²) in [6, 6.07) is 10.5. The van der Waals surface area contributed by atoms with Gasteiger partial charge in [0, 0.05) is 37.7 Å². The van der Waals surface area contributed by atoms with E-state index in [-0.39, 0.29) is 17.1 Å². The number of esters is 1. The van der Waals surface area contributed by atoms with Gasteiger partial charge < -0.3 is 14.4 Å². The molecule has 0 saturated heterocycles. The maximum absolute atomic E-state index is 13.9. The lowest BCUT2D eigenvalue weighted by Gasteiger charge is -2.24. The normalized spacial score (nSPS) is 10.7. The molecule has 0 aliphatic rings. The van der Waals surface area contributed by atoms with Gasteiger partial charge in [0.2, 0.25) is 5.82 Å². The summed E-state index contributed by atoms with van der Waals surface area (Å²) in [5, 5.41) is 19.5. The van der Waals surface area contributed by atoms with Gasteiger partial charge in [-0.05, 0) is 43.2 Å². The molecule has 14 heteroatoms. The highest BCUT2D eigenvalue weighted by atomic mass is 19.2. The van der Waals surface area contributed by atoms with E-state index >= 15 is 0 Å². The van der Waals surface area contributed by atoms with Gasteiger partial charge >= 0.3 is 5.97 Å². The van der Waals surface area contributed by atoms with E-state index < -0.39 is 58.8 Å².